The molecule has 22 heavy (non-hydrogen) atoms. The van der Waals surface area contributed by atoms with Gasteiger partial charge in [0.25, 0.3) is 0 Å². The molecule has 120 valence electrons. The Kier molecular flexibility index (Phi) is 4.72. The van der Waals surface area contributed by atoms with Crippen LogP contribution in [-0.4, -0.2) is 25.2 Å². The van der Waals surface area contributed by atoms with Crippen molar-refractivity contribution in [1.82, 2.24) is 14.9 Å². The Labute approximate surface area is 132 Å². The second-order valence-electron chi connectivity index (χ2n) is 5.79. The first-order valence-electron chi connectivity index (χ1n) is 7.30. The first-order chi connectivity index (χ1) is 10.2. The average Bonchev–Trinajstić information content (AvgIpc) is 2.68. The number of aromatic nitrogens is 2. The highest BCUT2D eigenvalue weighted by molar-refractivity contribution is 7.89. The third-order valence-corrected chi connectivity index (χ3v) is 5.59. The van der Waals surface area contributed by atoms with Crippen molar-refractivity contribution >= 4 is 10.0 Å². The third kappa shape index (κ3) is 3.39. The number of rotatable bonds is 5. The lowest BCUT2D eigenvalue weighted by Crippen LogP contribution is -2.27. The van der Waals surface area contributed by atoms with Gasteiger partial charge >= 0.3 is 0 Å². The molecule has 0 aliphatic carbocycles. The van der Waals surface area contributed by atoms with Crippen LogP contribution in [0.1, 0.15) is 33.6 Å². The molecular weight excluding hydrogens is 298 g/mol. The summed E-state index contributed by atoms with van der Waals surface area (Å²) in [7, 11) is -3.50. The van der Waals surface area contributed by atoms with Crippen molar-refractivity contribution < 1.29 is 8.42 Å². The lowest BCUT2D eigenvalue weighted by Gasteiger charge is -2.13. The predicted octanol–water partition coefficient (Wildman–Crippen LogP) is 2.47. The van der Waals surface area contributed by atoms with Crippen LogP contribution >= 0.6 is 0 Å². The Morgan fingerprint density at radius 3 is 2.18 bits per heavy atom. The third-order valence-electron chi connectivity index (χ3n) is 3.82. The van der Waals surface area contributed by atoms with Crippen molar-refractivity contribution in [2.45, 2.75) is 45.9 Å². The number of aromatic amines is 1. The van der Waals surface area contributed by atoms with Gasteiger partial charge in [-0.05, 0) is 57.7 Å². The van der Waals surface area contributed by atoms with E-state index in [0.29, 0.717) is 17.9 Å². The van der Waals surface area contributed by atoms with Crippen molar-refractivity contribution in [3.63, 3.8) is 0 Å². The molecular formula is C16H23N3O2S. The highest BCUT2D eigenvalue weighted by atomic mass is 32.2. The van der Waals surface area contributed by atoms with E-state index in [-0.39, 0.29) is 0 Å². The molecule has 1 aromatic carbocycles. The summed E-state index contributed by atoms with van der Waals surface area (Å²) in [6.07, 6.45) is 0.622. The Hall–Kier alpha value is -1.66. The molecule has 0 spiro atoms. The summed E-state index contributed by atoms with van der Waals surface area (Å²) in [5, 5.41) is 7.04. The lowest BCUT2D eigenvalue weighted by atomic mass is 10.1. The van der Waals surface area contributed by atoms with Crippen LogP contribution in [0.3, 0.4) is 0 Å². The Morgan fingerprint density at radius 1 is 1.09 bits per heavy atom. The molecule has 0 aliphatic heterocycles. The van der Waals surface area contributed by atoms with Crippen molar-refractivity contribution in [3.8, 4) is 0 Å². The SMILES string of the molecule is Cc1cc(C)c(S(=O)(=O)NCCc2c(C)n[nH]c2C)c(C)c1. The first kappa shape index (κ1) is 16.7. The van der Waals surface area contributed by atoms with Crippen LogP contribution in [0, 0.1) is 34.6 Å². The Balaban J connectivity index is 2.16. The number of nitrogens with one attached hydrogen (secondary N) is 2. The summed E-state index contributed by atoms with van der Waals surface area (Å²) in [5.41, 5.74) is 5.60. The predicted molar refractivity (Wildman–Crippen MR) is 87.6 cm³/mol. The standard InChI is InChI=1S/C16H23N3O2S/c1-10-8-11(2)16(12(3)9-10)22(20,21)17-7-6-15-13(4)18-19-14(15)5/h8-9,17H,6-7H2,1-5H3,(H,18,19). The summed E-state index contributed by atoms with van der Waals surface area (Å²) < 4.78 is 27.8. The van der Waals surface area contributed by atoms with Crippen molar-refractivity contribution in [2.24, 2.45) is 0 Å². The van der Waals surface area contributed by atoms with E-state index in [1.54, 1.807) is 0 Å². The molecule has 0 unspecified atom stereocenters. The van der Waals surface area contributed by atoms with Gasteiger partial charge in [-0.15, -0.1) is 0 Å². The molecule has 2 rings (SSSR count). The number of nitrogens with zero attached hydrogens (tertiary/aromatic N) is 1. The molecule has 2 N–H and O–H groups in total. The van der Waals surface area contributed by atoms with Crippen LogP contribution in [0.5, 0.6) is 0 Å². The summed E-state index contributed by atoms with van der Waals surface area (Å²) in [4.78, 5) is 0.388. The first-order valence-corrected chi connectivity index (χ1v) is 8.78. The smallest absolute Gasteiger partial charge is 0.241 e. The molecule has 6 heteroatoms. The molecule has 0 atom stereocenters. The maximum Gasteiger partial charge on any atom is 0.241 e. The van der Waals surface area contributed by atoms with E-state index in [9.17, 15) is 8.42 Å². The zero-order chi connectivity index (χ0) is 16.5. The zero-order valence-corrected chi connectivity index (χ0v) is 14.6. The van der Waals surface area contributed by atoms with E-state index >= 15 is 0 Å². The highest BCUT2D eigenvalue weighted by Gasteiger charge is 2.19. The van der Waals surface area contributed by atoms with Crippen LogP contribution in [-0.2, 0) is 16.4 Å². The Bertz CT molecular complexity index is 749. The summed E-state index contributed by atoms with van der Waals surface area (Å²) >= 11 is 0. The van der Waals surface area contributed by atoms with E-state index < -0.39 is 10.0 Å². The van der Waals surface area contributed by atoms with Crippen LogP contribution in [0.15, 0.2) is 17.0 Å². The lowest BCUT2D eigenvalue weighted by molar-refractivity contribution is 0.580. The van der Waals surface area contributed by atoms with Gasteiger partial charge in [0.05, 0.1) is 10.6 Å². The minimum absolute atomic E-state index is 0.357. The quantitative estimate of drug-likeness (QED) is 0.888. The summed E-state index contributed by atoms with van der Waals surface area (Å²) in [5.74, 6) is 0. The number of benzene rings is 1. The number of sulfonamides is 1. The van der Waals surface area contributed by atoms with Crippen LogP contribution < -0.4 is 4.72 Å². The van der Waals surface area contributed by atoms with Gasteiger partial charge in [-0.25, -0.2) is 13.1 Å². The molecule has 1 aromatic heterocycles. The number of H-pyrrole nitrogens is 1. The van der Waals surface area contributed by atoms with E-state index in [1.807, 2.05) is 46.8 Å². The molecule has 0 aliphatic rings. The fourth-order valence-corrected chi connectivity index (χ4v) is 4.40. The van der Waals surface area contributed by atoms with Gasteiger partial charge in [0.2, 0.25) is 10.0 Å². The fraction of sp³-hybridized carbons (Fsp3) is 0.438. The van der Waals surface area contributed by atoms with E-state index in [2.05, 4.69) is 14.9 Å². The largest absolute Gasteiger partial charge is 0.282 e. The molecule has 0 fully saturated rings. The van der Waals surface area contributed by atoms with Crippen molar-refractivity contribution in [3.05, 3.63) is 45.8 Å². The average molecular weight is 321 g/mol. The van der Waals surface area contributed by atoms with E-state index in [0.717, 1.165) is 33.6 Å². The van der Waals surface area contributed by atoms with Gasteiger partial charge in [0.1, 0.15) is 0 Å². The minimum Gasteiger partial charge on any atom is -0.282 e. The molecule has 1 heterocycles. The van der Waals surface area contributed by atoms with Crippen LogP contribution in [0.25, 0.3) is 0 Å². The second kappa shape index (κ2) is 6.22. The maximum absolute atomic E-state index is 12.5. The van der Waals surface area contributed by atoms with Gasteiger partial charge in [0.15, 0.2) is 0 Å². The highest BCUT2D eigenvalue weighted by Crippen LogP contribution is 2.21. The van der Waals surface area contributed by atoms with Crippen molar-refractivity contribution in [2.75, 3.05) is 6.54 Å². The molecule has 5 nitrogen and oxygen atoms in total. The molecule has 0 amide bonds. The maximum atomic E-state index is 12.5. The number of hydrogen-bond donors (Lipinski definition) is 2. The molecule has 0 saturated carbocycles. The zero-order valence-electron chi connectivity index (χ0n) is 13.7. The van der Waals surface area contributed by atoms with Crippen LogP contribution in [0.4, 0.5) is 0 Å². The number of hydrogen-bond acceptors (Lipinski definition) is 3. The summed E-state index contributed by atoms with van der Waals surface area (Å²) in [6, 6.07) is 3.79. The van der Waals surface area contributed by atoms with Crippen LogP contribution in [0.2, 0.25) is 0 Å². The normalized spacial score (nSPS) is 11.9. The number of aryl methyl sites for hydroxylation is 5. The van der Waals surface area contributed by atoms with Gasteiger partial charge < -0.3 is 0 Å². The minimum atomic E-state index is -3.50. The summed E-state index contributed by atoms with van der Waals surface area (Å²) in [6.45, 7) is 9.85. The van der Waals surface area contributed by atoms with E-state index in [4.69, 9.17) is 0 Å². The second-order valence-corrected chi connectivity index (χ2v) is 7.49. The van der Waals surface area contributed by atoms with Gasteiger partial charge in [-0.1, -0.05) is 17.7 Å². The monoisotopic (exact) mass is 321 g/mol. The molecule has 0 radical (unpaired) electrons. The van der Waals surface area contributed by atoms with Crippen molar-refractivity contribution in [1.29, 1.82) is 0 Å². The van der Waals surface area contributed by atoms with Gasteiger partial charge in [-0.3, -0.25) is 5.10 Å². The topological polar surface area (TPSA) is 74.8 Å². The van der Waals surface area contributed by atoms with Gasteiger partial charge in [-0.2, -0.15) is 5.10 Å². The molecule has 0 bridgehead atoms. The molecule has 0 saturated heterocycles. The Morgan fingerprint density at radius 2 is 1.68 bits per heavy atom. The van der Waals surface area contributed by atoms with E-state index in [1.165, 1.54) is 0 Å². The fourth-order valence-electron chi connectivity index (χ4n) is 2.92. The molecule has 2 aromatic rings. The van der Waals surface area contributed by atoms with Gasteiger partial charge in [0, 0.05) is 12.2 Å².